The molecule has 168 valence electrons. The third-order valence-corrected chi connectivity index (χ3v) is 6.52. The van der Waals surface area contributed by atoms with E-state index in [1.54, 1.807) is 6.20 Å². The lowest BCUT2D eigenvalue weighted by Crippen LogP contribution is -2.33. The van der Waals surface area contributed by atoms with Crippen LogP contribution in [0.1, 0.15) is 41.3 Å². The Morgan fingerprint density at radius 2 is 2.19 bits per heavy atom. The van der Waals surface area contributed by atoms with Gasteiger partial charge in [-0.05, 0) is 61.9 Å². The summed E-state index contributed by atoms with van der Waals surface area (Å²) in [7, 11) is 0. The van der Waals surface area contributed by atoms with Crippen LogP contribution >= 0.6 is 11.9 Å². The van der Waals surface area contributed by atoms with Crippen LogP contribution < -0.4 is 16.2 Å². The summed E-state index contributed by atoms with van der Waals surface area (Å²) in [6, 6.07) is 6.06. The molecule has 1 aliphatic carbocycles. The van der Waals surface area contributed by atoms with Crippen LogP contribution in [0, 0.1) is 12.8 Å². The Morgan fingerprint density at radius 3 is 2.81 bits per heavy atom. The largest absolute Gasteiger partial charge is 0.381 e. The van der Waals surface area contributed by atoms with Crippen molar-refractivity contribution in [2.75, 3.05) is 16.7 Å². The van der Waals surface area contributed by atoms with Crippen molar-refractivity contribution in [2.24, 2.45) is 11.7 Å². The number of amides is 2. The number of rotatable bonds is 9. The van der Waals surface area contributed by atoms with E-state index in [1.807, 2.05) is 36.3 Å². The van der Waals surface area contributed by atoms with Crippen molar-refractivity contribution in [3.8, 4) is 11.3 Å². The van der Waals surface area contributed by atoms with Gasteiger partial charge in [0.2, 0.25) is 6.41 Å². The number of benzene rings is 1. The molecule has 1 unspecified atom stereocenters. The van der Waals surface area contributed by atoms with Gasteiger partial charge in [0.15, 0.2) is 11.5 Å². The van der Waals surface area contributed by atoms with Crippen LogP contribution in [0.2, 0.25) is 0 Å². The van der Waals surface area contributed by atoms with Gasteiger partial charge in [-0.25, -0.2) is 9.50 Å². The molecule has 0 saturated heterocycles. The van der Waals surface area contributed by atoms with Gasteiger partial charge in [0.1, 0.15) is 5.56 Å². The van der Waals surface area contributed by atoms with Crippen molar-refractivity contribution in [3.63, 3.8) is 0 Å². The first-order valence-electron chi connectivity index (χ1n) is 10.4. The van der Waals surface area contributed by atoms with Crippen molar-refractivity contribution in [1.82, 2.24) is 19.5 Å². The van der Waals surface area contributed by atoms with Crippen LogP contribution in [0.15, 0.2) is 24.4 Å². The predicted molar refractivity (Wildman–Crippen MR) is 127 cm³/mol. The highest BCUT2D eigenvalue weighted by atomic mass is 32.2. The summed E-state index contributed by atoms with van der Waals surface area (Å²) in [6.45, 7) is 4.66. The van der Waals surface area contributed by atoms with Crippen LogP contribution in [-0.4, -0.2) is 44.1 Å². The minimum atomic E-state index is -0.674. The maximum atomic E-state index is 11.9. The minimum absolute atomic E-state index is 0.0483. The molecule has 0 radical (unpaired) electrons. The number of carbonyl (C=O) groups is 2. The number of aromatic nitrogens is 3. The van der Waals surface area contributed by atoms with Crippen molar-refractivity contribution >= 4 is 41.4 Å². The molecule has 4 rings (SSSR count). The summed E-state index contributed by atoms with van der Waals surface area (Å²) in [5, 5.41) is 4.11. The number of nitrogen functional groups attached to an aromatic ring is 1. The third-order valence-electron chi connectivity index (χ3n) is 6.10. The average molecular weight is 454 g/mol. The molecule has 10 heteroatoms. The Hall–Kier alpha value is -3.27. The molecule has 32 heavy (non-hydrogen) atoms. The van der Waals surface area contributed by atoms with Gasteiger partial charge < -0.3 is 21.1 Å². The van der Waals surface area contributed by atoms with Crippen molar-refractivity contribution in [1.29, 1.82) is 0 Å². The van der Waals surface area contributed by atoms with Crippen LogP contribution in [0.5, 0.6) is 0 Å². The van der Waals surface area contributed by atoms with Crippen LogP contribution in [0.3, 0.4) is 0 Å². The van der Waals surface area contributed by atoms with Gasteiger partial charge in [-0.1, -0.05) is 11.9 Å². The van der Waals surface area contributed by atoms with Gasteiger partial charge in [0.25, 0.3) is 5.91 Å². The number of hydrogen-bond donors (Lipinski definition) is 3. The highest BCUT2D eigenvalue weighted by Gasteiger charge is 2.31. The lowest BCUT2D eigenvalue weighted by Gasteiger charge is -2.27. The van der Waals surface area contributed by atoms with E-state index in [0.29, 0.717) is 23.8 Å². The van der Waals surface area contributed by atoms with Gasteiger partial charge in [0, 0.05) is 36.3 Å². The van der Waals surface area contributed by atoms with E-state index in [2.05, 4.69) is 21.7 Å². The van der Waals surface area contributed by atoms with Crippen molar-refractivity contribution in [3.05, 3.63) is 41.1 Å². The molecule has 9 nitrogen and oxygen atoms in total. The summed E-state index contributed by atoms with van der Waals surface area (Å²) < 4.78 is 4.77. The number of hydrogen-bond acceptors (Lipinski definition) is 7. The van der Waals surface area contributed by atoms with Gasteiger partial charge in [-0.15, -0.1) is 5.10 Å². The maximum Gasteiger partial charge on any atom is 0.256 e. The summed E-state index contributed by atoms with van der Waals surface area (Å²) in [6.07, 6.45) is 6.94. The Bertz CT molecular complexity index is 1190. The van der Waals surface area contributed by atoms with Crippen molar-refractivity contribution in [2.45, 2.75) is 39.3 Å². The Kier molecular flexibility index (Phi) is 5.96. The molecule has 1 saturated carbocycles. The van der Waals surface area contributed by atoms with Crippen LogP contribution in [0.4, 0.5) is 11.5 Å². The number of fused-ring (bicyclic) bond motifs is 1. The zero-order chi connectivity index (χ0) is 23.0. The molecular formula is C22H27N7O2S. The van der Waals surface area contributed by atoms with E-state index < -0.39 is 5.91 Å². The molecule has 3 aromatic rings. The second-order valence-electron chi connectivity index (χ2n) is 8.18. The highest BCUT2D eigenvalue weighted by Crippen LogP contribution is 2.36. The fraction of sp³-hybridized carbons (Fsp3) is 0.364. The highest BCUT2D eigenvalue weighted by molar-refractivity contribution is 7.99. The summed E-state index contributed by atoms with van der Waals surface area (Å²) >= 11 is 1.49. The van der Waals surface area contributed by atoms with E-state index in [9.17, 15) is 9.59 Å². The SMILES string of the molecule is CSNc1cc(-c2ccn3nc(N)c(C(N)=O)c3n2)cc(CN(C=O)C(C)C2CC2)c1C. The molecule has 1 aliphatic rings. The molecule has 0 spiro atoms. The molecular weight excluding hydrogens is 426 g/mol. The monoisotopic (exact) mass is 453 g/mol. The minimum Gasteiger partial charge on any atom is -0.381 e. The number of anilines is 2. The van der Waals surface area contributed by atoms with Gasteiger partial charge in [-0.2, -0.15) is 0 Å². The zero-order valence-electron chi connectivity index (χ0n) is 18.3. The number of nitrogens with zero attached hydrogens (tertiary/aromatic N) is 4. The first kappa shape index (κ1) is 21.9. The number of nitrogens with one attached hydrogen (secondary N) is 1. The third kappa shape index (κ3) is 4.10. The van der Waals surface area contributed by atoms with Gasteiger partial charge >= 0.3 is 0 Å². The molecule has 1 atom stereocenters. The fourth-order valence-corrected chi connectivity index (χ4v) is 4.40. The standard InChI is InChI=1S/C22H27N7O2S/c1-12-16(10-28(11-30)13(2)14-4-5-14)8-15(9-18(12)27-32-3)17-6-7-29-22(25-17)19(21(24)31)20(23)26-29/h6-9,11,13-14,27H,4-5,10H2,1-3H3,(H2,23,26)(H2,24,31). The second kappa shape index (κ2) is 8.70. The summed E-state index contributed by atoms with van der Waals surface area (Å²) in [5.74, 6) is -0.0459. The molecule has 0 aliphatic heterocycles. The first-order valence-corrected chi connectivity index (χ1v) is 11.6. The van der Waals surface area contributed by atoms with Crippen LogP contribution in [0.25, 0.3) is 16.9 Å². The summed E-state index contributed by atoms with van der Waals surface area (Å²) in [5.41, 5.74) is 16.3. The smallest absolute Gasteiger partial charge is 0.256 e. The molecule has 1 fully saturated rings. The molecule has 0 bridgehead atoms. The van der Waals surface area contributed by atoms with Gasteiger partial charge in [0.05, 0.1) is 5.69 Å². The first-order chi connectivity index (χ1) is 15.3. The number of primary amides is 1. The molecule has 2 aromatic heterocycles. The zero-order valence-corrected chi connectivity index (χ0v) is 19.1. The molecule has 1 aromatic carbocycles. The van der Waals surface area contributed by atoms with Crippen molar-refractivity contribution < 1.29 is 9.59 Å². The Morgan fingerprint density at radius 1 is 1.44 bits per heavy atom. The maximum absolute atomic E-state index is 11.9. The Labute approximate surface area is 190 Å². The predicted octanol–water partition coefficient (Wildman–Crippen LogP) is 2.83. The lowest BCUT2D eigenvalue weighted by molar-refractivity contribution is -0.120. The van der Waals surface area contributed by atoms with E-state index in [0.717, 1.165) is 28.8 Å². The van der Waals surface area contributed by atoms with E-state index in [1.165, 1.54) is 29.3 Å². The van der Waals surface area contributed by atoms with Crippen LogP contribution in [-0.2, 0) is 11.3 Å². The fourth-order valence-electron chi connectivity index (χ4n) is 3.97. The summed E-state index contributed by atoms with van der Waals surface area (Å²) in [4.78, 5) is 30.2. The normalized spacial score (nSPS) is 14.3. The number of nitrogens with two attached hydrogens (primary N) is 2. The second-order valence-corrected chi connectivity index (χ2v) is 8.79. The van der Waals surface area contributed by atoms with E-state index >= 15 is 0 Å². The number of carbonyl (C=O) groups excluding carboxylic acids is 2. The molecule has 2 amide bonds. The lowest BCUT2D eigenvalue weighted by atomic mass is 9.99. The average Bonchev–Trinajstić information content (AvgIpc) is 3.55. The topological polar surface area (TPSA) is 132 Å². The quantitative estimate of drug-likeness (QED) is 0.335. The van der Waals surface area contributed by atoms with Gasteiger partial charge in [-0.3, -0.25) is 9.59 Å². The Balaban J connectivity index is 1.79. The van der Waals surface area contributed by atoms with E-state index in [4.69, 9.17) is 11.5 Å². The molecule has 5 N–H and O–H groups in total. The van der Waals surface area contributed by atoms with E-state index in [-0.39, 0.29) is 17.4 Å². The molecule has 2 heterocycles.